The summed E-state index contributed by atoms with van der Waals surface area (Å²) in [6.45, 7) is 2.82. The number of benzene rings is 2. The topological polar surface area (TPSA) is 33.2 Å². The Labute approximate surface area is 158 Å². The lowest BCUT2D eigenvalue weighted by atomic mass is 10.1. The molecular formula is C22H22N2OS. The van der Waals surface area contributed by atoms with Crippen molar-refractivity contribution in [3.63, 3.8) is 0 Å². The predicted octanol–water partition coefficient (Wildman–Crippen LogP) is 5.14. The smallest absolute Gasteiger partial charge is 0.247 e. The molecule has 1 aromatic heterocycles. The zero-order chi connectivity index (χ0) is 17.9. The third-order valence-corrected chi connectivity index (χ3v) is 5.96. The summed E-state index contributed by atoms with van der Waals surface area (Å²) in [6, 6.07) is 18.5. The number of para-hydroxylation sites is 1. The van der Waals surface area contributed by atoms with Crippen LogP contribution in [0, 0.1) is 5.92 Å². The molecule has 3 nitrogen and oxygen atoms in total. The number of fused-ring (bicyclic) bond motifs is 1. The number of carbonyl (C=O) groups excluding carboxylic acids is 1. The van der Waals surface area contributed by atoms with Crippen molar-refractivity contribution in [3.8, 4) is 0 Å². The number of carbonyl (C=O) groups is 1. The minimum Gasteiger partial charge on any atom is -0.332 e. The molecule has 0 spiro atoms. The van der Waals surface area contributed by atoms with Crippen molar-refractivity contribution in [3.05, 3.63) is 71.2 Å². The average molecular weight is 362 g/mol. The van der Waals surface area contributed by atoms with Gasteiger partial charge in [0.05, 0.1) is 10.2 Å². The van der Waals surface area contributed by atoms with E-state index < -0.39 is 0 Å². The van der Waals surface area contributed by atoms with Crippen LogP contribution in [0.25, 0.3) is 16.3 Å². The highest BCUT2D eigenvalue weighted by atomic mass is 32.1. The molecule has 1 fully saturated rings. The number of aromatic nitrogens is 1. The monoisotopic (exact) mass is 362 g/mol. The van der Waals surface area contributed by atoms with Gasteiger partial charge in [0.25, 0.3) is 0 Å². The van der Waals surface area contributed by atoms with Crippen molar-refractivity contribution < 1.29 is 4.79 Å². The SMILES string of the molecule is CC(C1CC1)N(Cc1ccccc1)C(=O)/C=C/c1nc2ccccc2s1. The number of thiazole rings is 1. The summed E-state index contributed by atoms with van der Waals surface area (Å²) in [5.41, 5.74) is 2.15. The van der Waals surface area contributed by atoms with Crippen LogP contribution in [0.4, 0.5) is 0 Å². The van der Waals surface area contributed by atoms with Gasteiger partial charge in [-0.1, -0.05) is 42.5 Å². The fourth-order valence-electron chi connectivity index (χ4n) is 3.24. The number of hydrogen-bond donors (Lipinski definition) is 0. The summed E-state index contributed by atoms with van der Waals surface area (Å²) in [6.07, 6.45) is 5.98. The van der Waals surface area contributed by atoms with Gasteiger partial charge in [-0.25, -0.2) is 4.98 Å². The third kappa shape index (κ3) is 3.86. The number of amides is 1. The van der Waals surface area contributed by atoms with Gasteiger partial charge in [-0.2, -0.15) is 0 Å². The molecule has 0 aliphatic heterocycles. The van der Waals surface area contributed by atoms with Gasteiger partial charge in [0.2, 0.25) is 5.91 Å². The first-order valence-electron chi connectivity index (χ1n) is 9.09. The minimum absolute atomic E-state index is 0.0625. The van der Waals surface area contributed by atoms with Crippen LogP contribution in [-0.2, 0) is 11.3 Å². The molecule has 1 aliphatic carbocycles. The first-order chi connectivity index (χ1) is 12.7. The molecule has 1 heterocycles. The van der Waals surface area contributed by atoms with Crippen molar-refractivity contribution in [2.45, 2.75) is 32.4 Å². The largest absolute Gasteiger partial charge is 0.332 e. The van der Waals surface area contributed by atoms with E-state index in [1.165, 1.54) is 18.4 Å². The Morgan fingerprint density at radius 3 is 2.65 bits per heavy atom. The van der Waals surface area contributed by atoms with Crippen LogP contribution < -0.4 is 0 Å². The van der Waals surface area contributed by atoms with Crippen molar-refractivity contribution in [2.24, 2.45) is 5.92 Å². The van der Waals surface area contributed by atoms with E-state index in [1.54, 1.807) is 17.4 Å². The van der Waals surface area contributed by atoms with E-state index in [0.717, 1.165) is 15.2 Å². The highest BCUT2D eigenvalue weighted by Crippen LogP contribution is 2.36. The van der Waals surface area contributed by atoms with Crippen LogP contribution in [-0.4, -0.2) is 21.8 Å². The molecule has 1 unspecified atom stereocenters. The molecule has 1 aliphatic rings. The van der Waals surface area contributed by atoms with Gasteiger partial charge in [0.15, 0.2) is 0 Å². The van der Waals surface area contributed by atoms with Crippen LogP contribution in [0.5, 0.6) is 0 Å². The molecule has 1 amide bonds. The lowest BCUT2D eigenvalue weighted by molar-refractivity contribution is -0.129. The molecule has 1 atom stereocenters. The summed E-state index contributed by atoms with van der Waals surface area (Å²) in [7, 11) is 0. The van der Waals surface area contributed by atoms with E-state index in [2.05, 4.69) is 30.1 Å². The second-order valence-corrected chi connectivity index (χ2v) is 7.95. The van der Waals surface area contributed by atoms with E-state index in [4.69, 9.17) is 0 Å². The molecule has 0 radical (unpaired) electrons. The Bertz CT molecular complexity index is 894. The van der Waals surface area contributed by atoms with Crippen LogP contribution in [0.1, 0.15) is 30.3 Å². The Kier molecular flexibility index (Phi) is 4.85. The Morgan fingerprint density at radius 2 is 1.92 bits per heavy atom. The summed E-state index contributed by atoms with van der Waals surface area (Å²) in [5.74, 6) is 0.700. The maximum atomic E-state index is 12.9. The van der Waals surface area contributed by atoms with Crippen molar-refractivity contribution >= 4 is 33.5 Å². The molecule has 0 bridgehead atoms. The summed E-state index contributed by atoms with van der Waals surface area (Å²) in [5, 5.41) is 0.873. The van der Waals surface area contributed by atoms with E-state index in [9.17, 15) is 4.79 Å². The van der Waals surface area contributed by atoms with E-state index in [-0.39, 0.29) is 11.9 Å². The quantitative estimate of drug-likeness (QED) is 0.569. The summed E-state index contributed by atoms with van der Waals surface area (Å²) < 4.78 is 1.15. The summed E-state index contributed by atoms with van der Waals surface area (Å²) in [4.78, 5) is 19.5. The zero-order valence-electron chi connectivity index (χ0n) is 14.8. The van der Waals surface area contributed by atoms with Gasteiger partial charge in [0.1, 0.15) is 5.01 Å². The normalized spacial score (nSPS) is 15.4. The van der Waals surface area contributed by atoms with E-state index in [0.29, 0.717) is 12.5 Å². The van der Waals surface area contributed by atoms with Gasteiger partial charge in [-0.05, 0) is 49.5 Å². The molecule has 26 heavy (non-hydrogen) atoms. The minimum atomic E-state index is 0.0625. The van der Waals surface area contributed by atoms with E-state index in [1.807, 2.05) is 47.4 Å². The van der Waals surface area contributed by atoms with Crippen LogP contribution >= 0.6 is 11.3 Å². The Morgan fingerprint density at radius 1 is 1.19 bits per heavy atom. The van der Waals surface area contributed by atoms with Crippen molar-refractivity contribution in [1.82, 2.24) is 9.88 Å². The molecule has 1 saturated carbocycles. The zero-order valence-corrected chi connectivity index (χ0v) is 15.7. The number of rotatable bonds is 6. The number of hydrogen-bond acceptors (Lipinski definition) is 3. The van der Waals surface area contributed by atoms with Gasteiger partial charge >= 0.3 is 0 Å². The van der Waals surface area contributed by atoms with Crippen LogP contribution in [0.3, 0.4) is 0 Å². The second-order valence-electron chi connectivity index (χ2n) is 6.88. The molecular weight excluding hydrogens is 340 g/mol. The fraction of sp³-hybridized carbons (Fsp3) is 0.273. The molecule has 4 rings (SSSR count). The molecule has 0 N–H and O–H groups in total. The molecule has 3 aromatic rings. The second kappa shape index (κ2) is 7.42. The fourth-order valence-corrected chi connectivity index (χ4v) is 4.11. The standard InChI is InChI=1S/C22H22N2OS/c1-16(18-11-12-18)24(15-17-7-3-2-4-8-17)22(25)14-13-21-23-19-9-5-6-10-20(19)26-21/h2-10,13-14,16,18H,11-12,15H2,1H3/b14-13+. The van der Waals surface area contributed by atoms with Gasteiger partial charge < -0.3 is 4.90 Å². The first kappa shape index (κ1) is 17.0. The number of nitrogens with zero attached hydrogens (tertiary/aromatic N) is 2. The highest BCUT2D eigenvalue weighted by Gasteiger charge is 2.33. The lowest BCUT2D eigenvalue weighted by Gasteiger charge is -2.28. The summed E-state index contributed by atoms with van der Waals surface area (Å²) >= 11 is 1.61. The Hall–Kier alpha value is -2.46. The molecule has 2 aromatic carbocycles. The van der Waals surface area contributed by atoms with Crippen molar-refractivity contribution in [2.75, 3.05) is 0 Å². The lowest BCUT2D eigenvalue weighted by Crippen LogP contribution is -2.38. The first-order valence-corrected chi connectivity index (χ1v) is 9.90. The maximum absolute atomic E-state index is 12.9. The van der Waals surface area contributed by atoms with Gasteiger partial charge in [-0.3, -0.25) is 4.79 Å². The molecule has 4 heteroatoms. The van der Waals surface area contributed by atoms with E-state index >= 15 is 0 Å². The third-order valence-electron chi connectivity index (χ3n) is 4.95. The molecule has 0 saturated heterocycles. The van der Waals surface area contributed by atoms with Gasteiger partial charge in [0, 0.05) is 18.7 Å². The van der Waals surface area contributed by atoms with Crippen molar-refractivity contribution in [1.29, 1.82) is 0 Å². The predicted molar refractivity (Wildman–Crippen MR) is 108 cm³/mol. The maximum Gasteiger partial charge on any atom is 0.247 e. The van der Waals surface area contributed by atoms with Gasteiger partial charge in [-0.15, -0.1) is 11.3 Å². The average Bonchev–Trinajstić information content (AvgIpc) is 3.44. The molecule has 132 valence electrons. The Balaban J connectivity index is 1.53. The van der Waals surface area contributed by atoms with Crippen LogP contribution in [0.15, 0.2) is 60.7 Å². The highest BCUT2D eigenvalue weighted by molar-refractivity contribution is 7.19. The van der Waals surface area contributed by atoms with Crippen LogP contribution in [0.2, 0.25) is 0 Å².